The number of nitrogens with one attached hydrogen (secondary N) is 1. The molecule has 98 valence electrons. The maximum atomic E-state index is 11.7. The minimum atomic E-state index is -0.590. The summed E-state index contributed by atoms with van der Waals surface area (Å²) in [4.78, 5) is 26.0. The molecular formula is C13H18N2O3. The lowest BCUT2D eigenvalue weighted by Crippen LogP contribution is -2.38. The van der Waals surface area contributed by atoms with E-state index in [0.717, 1.165) is 0 Å². The zero-order valence-electron chi connectivity index (χ0n) is 10.8. The second kappa shape index (κ2) is 6.74. The van der Waals surface area contributed by atoms with Crippen LogP contribution in [0.1, 0.15) is 31.3 Å². The molecule has 1 unspecified atom stereocenters. The van der Waals surface area contributed by atoms with Gasteiger partial charge in [-0.3, -0.25) is 9.59 Å². The summed E-state index contributed by atoms with van der Waals surface area (Å²) in [5.41, 5.74) is 0.333. The number of rotatable bonds is 6. The van der Waals surface area contributed by atoms with E-state index in [0.29, 0.717) is 30.2 Å². The molecule has 1 N–H and O–H groups in total. The second-order valence-corrected chi connectivity index (χ2v) is 4.44. The fourth-order valence-electron chi connectivity index (χ4n) is 1.24. The van der Waals surface area contributed by atoms with Crippen molar-refractivity contribution in [2.24, 2.45) is 5.92 Å². The predicted octanol–water partition coefficient (Wildman–Crippen LogP) is 1.43. The van der Waals surface area contributed by atoms with Gasteiger partial charge in [0.25, 0.3) is 5.91 Å². The van der Waals surface area contributed by atoms with Gasteiger partial charge < -0.3 is 10.1 Å². The molecule has 18 heavy (non-hydrogen) atoms. The molecule has 1 rings (SSSR count). The Hall–Kier alpha value is -1.91. The highest BCUT2D eigenvalue weighted by Crippen LogP contribution is 2.10. The summed E-state index contributed by atoms with van der Waals surface area (Å²) in [6.45, 7) is 6.33. The van der Waals surface area contributed by atoms with Gasteiger partial charge in [-0.15, -0.1) is 0 Å². The van der Waals surface area contributed by atoms with Crippen molar-refractivity contribution < 1.29 is 14.3 Å². The van der Waals surface area contributed by atoms with Crippen LogP contribution in [0.5, 0.6) is 5.75 Å². The number of carbonyl (C=O) groups is 2. The van der Waals surface area contributed by atoms with E-state index in [4.69, 9.17) is 4.74 Å². The van der Waals surface area contributed by atoms with Crippen LogP contribution in [0.25, 0.3) is 0 Å². The largest absolute Gasteiger partial charge is 0.479 e. The molecule has 0 radical (unpaired) electrons. The van der Waals surface area contributed by atoms with Crippen LogP contribution in [0.15, 0.2) is 18.3 Å². The monoisotopic (exact) mass is 250 g/mol. The van der Waals surface area contributed by atoms with Gasteiger partial charge in [-0.05, 0) is 25.0 Å². The minimum Gasteiger partial charge on any atom is -0.479 e. The molecule has 5 nitrogen and oxygen atoms in total. The Morgan fingerprint density at radius 3 is 2.67 bits per heavy atom. The van der Waals surface area contributed by atoms with Gasteiger partial charge in [0.1, 0.15) is 11.4 Å². The summed E-state index contributed by atoms with van der Waals surface area (Å²) < 4.78 is 5.42. The molecule has 0 aliphatic carbocycles. The van der Waals surface area contributed by atoms with Crippen LogP contribution in [-0.2, 0) is 4.79 Å². The Bertz CT molecular complexity index is 401. The lowest BCUT2D eigenvalue weighted by Gasteiger charge is -2.15. The molecule has 0 aliphatic heterocycles. The fraction of sp³-hybridized carbons (Fsp3) is 0.462. The Kier molecular flexibility index (Phi) is 5.30. The third-order valence-corrected chi connectivity index (χ3v) is 2.25. The quantitative estimate of drug-likeness (QED) is 0.775. The summed E-state index contributed by atoms with van der Waals surface area (Å²) in [5.74, 6) is 0.700. The van der Waals surface area contributed by atoms with Crippen molar-refractivity contribution in [1.29, 1.82) is 0 Å². The number of amides is 1. The van der Waals surface area contributed by atoms with Crippen LogP contribution in [0.3, 0.4) is 0 Å². The van der Waals surface area contributed by atoms with Crippen LogP contribution < -0.4 is 10.1 Å². The molecule has 0 aliphatic rings. The highest BCUT2D eigenvalue weighted by molar-refractivity contribution is 5.80. The molecule has 0 saturated carbocycles. The number of carbonyl (C=O) groups excluding carboxylic acids is 2. The molecule has 0 spiro atoms. The van der Waals surface area contributed by atoms with Crippen LogP contribution >= 0.6 is 0 Å². The lowest BCUT2D eigenvalue weighted by atomic mass is 10.2. The van der Waals surface area contributed by atoms with Crippen LogP contribution in [0, 0.1) is 5.92 Å². The standard InChI is InChI=1S/C13H18N2O3/c1-9(2)6-15-13(17)10(3)18-12-5-4-11(8-16)14-7-12/h4-5,7-10H,6H2,1-3H3,(H,15,17). The van der Waals surface area contributed by atoms with Crippen molar-refractivity contribution in [2.75, 3.05) is 6.54 Å². The Morgan fingerprint density at radius 2 is 2.17 bits per heavy atom. The summed E-state index contributed by atoms with van der Waals surface area (Å²) in [6.07, 6.45) is 1.49. The molecule has 1 aromatic rings. The van der Waals surface area contributed by atoms with Gasteiger partial charge in [0.15, 0.2) is 12.4 Å². The first kappa shape index (κ1) is 14.2. The Labute approximate surface area is 107 Å². The molecule has 1 aromatic heterocycles. The van der Waals surface area contributed by atoms with Crippen molar-refractivity contribution in [3.8, 4) is 5.75 Å². The molecule has 0 aromatic carbocycles. The molecule has 1 amide bonds. The molecular weight excluding hydrogens is 232 g/mol. The van der Waals surface area contributed by atoms with Crippen LogP contribution in [-0.4, -0.2) is 29.8 Å². The highest BCUT2D eigenvalue weighted by atomic mass is 16.5. The average Bonchev–Trinajstić information content (AvgIpc) is 2.36. The zero-order chi connectivity index (χ0) is 13.5. The molecule has 1 atom stereocenters. The van der Waals surface area contributed by atoms with Crippen LogP contribution in [0.4, 0.5) is 0 Å². The summed E-state index contributed by atoms with van der Waals surface area (Å²) >= 11 is 0. The smallest absolute Gasteiger partial charge is 0.260 e. The van der Waals surface area contributed by atoms with Crippen molar-refractivity contribution in [2.45, 2.75) is 26.9 Å². The highest BCUT2D eigenvalue weighted by Gasteiger charge is 2.14. The fourth-order valence-corrected chi connectivity index (χ4v) is 1.24. The van der Waals surface area contributed by atoms with E-state index in [9.17, 15) is 9.59 Å². The van der Waals surface area contributed by atoms with Crippen molar-refractivity contribution in [3.05, 3.63) is 24.0 Å². The Balaban J connectivity index is 2.49. The first-order chi connectivity index (χ1) is 8.52. The van der Waals surface area contributed by atoms with Gasteiger partial charge in [-0.2, -0.15) is 0 Å². The number of hydrogen-bond donors (Lipinski definition) is 1. The van der Waals surface area contributed by atoms with Crippen LogP contribution in [0.2, 0.25) is 0 Å². The van der Waals surface area contributed by atoms with Gasteiger partial charge in [-0.25, -0.2) is 4.98 Å². The first-order valence-electron chi connectivity index (χ1n) is 5.88. The topological polar surface area (TPSA) is 68.3 Å². The normalized spacial score (nSPS) is 12.0. The second-order valence-electron chi connectivity index (χ2n) is 4.44. The van der Waals surface area contributed by atoms with Gasteiger partial charge in [0.2, 0.25) is 0 Å². The number of hydrogen-bond acceptors (Lipinski definition) is 4. The number of nitrogens with zero attached hydrogens (tertiary/aromatic N) is 1. The number of aromatic nitrogens is 1. The SMILES string of the molecule is CC(C)CNC(=O)C(C)Oc1ccc(C=O)nc1. The number of ether oxygens (including phenoxy) is 1. The van der Waals surface area contributed by atoms with E-state index < -0.39 is 6.10 Å². The van der Waals surface area contributed by atoms with E-state index in [1.165, 1.54) is 6.20 Å². The van der Waals surface area contributed by atoms with Gasteiger partial charge in [0, 0.05) is 6.54 Å². The van der Waals surface area contributed by atoms with Crippen molar-refractivity contribution >= 4 is 12.2 Å². The van der Waals surface area contributed by atoms with Gasteiger partial charge >= 0.3 is 0 Å². The summed E-state index contributed by atoms with van der Waals surface area (Å²) in [6, 6.07) is 3.16. The molecule has 0 bridgehead atoms. The molecule has 0 saturated heterocycles. The van der Waals surface area contributed by atoms with E-state index in [2.05, 4.69) is 10.3 Å². The number of pyridine rings is 1. The maximum Gasteiger partial charge on any atom is 0.260 e. The third kappa shape index (κ3) is 4.53. The minimum absolute atomic E-state index is 0.164. The van der Waals surface area contributed by atoms with Crippen molar-refractivity contribution in [3.63, 3.8) is 0 Å². The van der Waals surface area contributed by atoms with Gasteiger partial charge in [-0.1, -0.05) is 13.8 Å². The molecule has 0 fully saturated rings. The van der Waals surface area contributed by atoms with Gasteiger partial charge in [0.05, 0.1) is 6.20 Å². The van der Waals surface area contributed by atoms with E-state index in [1.54, 1.807) is 19.1 Å². The van der Waals surface area contributed by atoms with E-state index in [-0.39, 0.29) is 5.91 Å². The summed E-state index contributed by atoms with van der Waals surface area (Å²) in [7, 11) is 0. The third-order valence-electron chi connectivity index (χ3n) is 2.25. The van der Waals surface area contributed by atoms with Crippen molar-refractivity contribution in [1.82, 2.24) is 10.3 Å². The maximum absolute atomic E-state index is 11.7. The summed E-state index contributed by atoms with van der Waals surface area (Å²) in [5, 5.41) is 2.78. The Morgan fingerprint density at radius 1 is 1.44 bits per heavy atom. The lowest BCUT2D eigenvalue weighted by molar-refractivity contribution is -0.127. The first-order valence-corrected chi connectivity index (χ1v) is 5.88. The average molecular weight is 250 g/mol. The zero-order valence-corrected chi connectivity index (χ0v) is 10.8. The number of aldehydes is 1. The van der Waals surface area contributed by atoms with E-state index in [1.807, 2.05) is 13.8 Å². The predicted molar refractivity (Wildman–Crippen MR) is 67.6 cm³/mol. The van der Waals surface area contributed by atoms with E-state index >= 15 is 0 Å². The molecule has 5 heteroatoms. The molecule has 1 heterocycles.